The van der Waals surface area contributed by atoms with Crippen molar-refractivity contribution in [3.8, 4) is 0 Å². The Kier molecular flexibility index (Phi) is 1.96. The van der Waals surface area contributed by atoms with Crippen LogP contribution in [0.5, 0.6) is 0 Å². The summed E-state index contributed by atoms with van der Waals surface area (Å²) in [5.41, 5.74) is 2.51. The van der Waals surface area contributed by atoms with E-state index in [1.807, 2.05) is 11.5 Å². The Morgan fingerprint density at radius 3 is 3.13 bits per heavy atom. The maximum atomic E-state index is 11.9. The van der Waals surface area contributed by atoms with Crippen molar-refractivity contribution in [3.05, 3.63) is 33.7 Å². The number of rotatable bonds is 0. The van der Waals surface area contributed by atoms with Crippen LogP contribution < -0.4 is 10.9 Å². The summed E-state index contributed by atoms with van der Waals surface area (Å²) in [6, 6.07) is 3.92. The van der Waals surface area contributed by atoms with Crippen LogP contribution in [0.25, 0.3) is 0 Å². The summed E-state index contributed by atoms with van der Waals surface area (Å²) in [7, 11) is 0. The predicted molar refractivity (Wildman–Crippen MR) is 59.2 cm³/mol. The molecule has 2 atom stereocenters. The molecule has 1 N–H and O–H groups in total. The van der Waals surface area contributed by atoms with E-state index >= 15 is 0 Å². The van der Waals surface area contributed by atoms with Crippen LogP contribution >= 0.6 is 0 Å². The number of hydrogen-bond acceptors (Lipinski definition) is 2. The van der Waals surface area contributed by atoms with Crippen molar-refractivity contribution in [2.75, 3.05) is 13.1 Å². The fourth-order valence-electron chi connectivity index (χ4n) is 2.94. The van der Waals surface area contributed by atoms with Gasteiger partial charge in [0.15, 0.2) is 0 Å². The summed E-state index contributed by atoms with van der Waals surface area (Å²) in [5, 5.41) is 3.45. The fraction of sp³-hybridized carbons (Fsp3) is 0.583. The second kappa shape index (κ2) is 3.20. The third kappa shape index (κ3) is 1.42. The Balaban J connectivity index is 2.17. The molecule has 3 rings (SSSR count). The zero-order chi connectivity index (χ0) is 10.4. The van der Waals surface area contributed by atoms with E-state index in [0.29, 0.717) is 11.8 Å². The van der Waals surface area contributed by atoms with Gasteiger partial charge in [0.25, 0.3) is 5.56 Å². The molecule has 2 bridgehead atoms. The molecule has 0 aromatic carbocycles. The molecule has 1 fully saturated rings. The van der Waals surface area contributed by atoms with Gasteiger partial charge in [-0.1, -0.05) is 0 Å². The van der Waals surface area contributed by atoms with Crippen molar-refractivity contribution in [1.29, 1.82) is 0 Å². The molecule has 2 aliphatic heterocycles. The quantitative estimate of drug-likeness (QED) is 0.680. The maximum absolute atomic E-state index is 11.9. The van der Waals surface area contributed by atoms with Crippen LogP contribution in [-0.4, -0.2) is 17.7 Å². The van der Waals surface area contributed by atoms with E-state index in [4.69, 9.17) is 0 Å². The Hall–Kier alpha value is -1.09. The van der Waals surface area contributed by atoms with Gasteiger partial charge in [-0.3, -0.25) is 4.79 Å². The van der Waals surface area contributed by atoms with Crippen LogP contribution in [0.3, 0.4) is 0 Å². The molecule has 80 valence electrons. The molecule has 15 heavy (non-hydrogen) atoms. The molecule has 1 saturated heterocycles. The predicted octanol–water partition coefficient (Wildman–Crippen LogP) is 0.863. The summed E-state index contributed by atoms with van der Waals surface area (Å²) in [6.07, 6.45) is 1.25. The van der Waals surface area contributed by atoms with Crippen LogP contribution in [0, 0.1) is 12.8 Å². The normalized spacial score (nSPS) is 28.6. The second-order valence-electron chi connectivity index (χ2n) is 4.86. The third-order valence-corrected chi connectivity index (χ3v) is 3.61. The highest BCUT2D eigenvalue weighted by molar-refractivity contribution is 5.22. The lowest BCUT2D eigenvalue weighted by molar-refractivity contribution is 0.257. The number of nitrogens with one attached hydrogen (secondary N) is 1. The van der Waals surface area contributed by atoms with Gasteiger partial charge in [0.1, 0.15) is 0 Å². The molecule has 0 amide bonds. The minimum atomic E-state index is 0.182. The van der Waals surface area contributed by atoms with Gasteiger partial charge in [0.05, 0.1) is 0 Å². The van der Waals surface area contributed by atoms with Gasteiger partial charge in [-0.25, -0.2) is 0 Å². The van der Waals surface area contributed by atoms with Crippen LogP contribution in [0.15, 0.2) is 16.9 Å². The number of aryl methyl sites for hydroxylation is 1. The van der Waals surface area contributed by atoms with E-state index in [-0.39, 0.29) is 5.56 Å². The van der Waals surface area contributed by atoms with Crippen LogP contribution in [-0.2, 0) is 6.54 Å². The molecule has 2 aliphatic rings. The number of pyridine rings is 1. The minimum absolute atomic E-state index is 0.182. The van der Waals surface area contributed by atoms with Crippen molar-refractivity contribution in [2.24, 2.45) is 5.92 Å². The molecule has 1 aromatic heterocycles. The van der Waals surface area contributed by atoms with E-state index in [2.05, 4.69) is 11.4 Å². The average molecular weight is 204 g/mol. The highest BCUT2D eigenvalue weighted by atomic mass is 16.1. The molecule has 0 radical (unpaired) electrons. The van der Waals surface area contributed by atoms with Crippen LogP contribution in [0.2, 0.25) is 0 Å². The van der Waals surface area contributed by atoms with Gasteiger partial charge >= 0.3 is 0 Å². The molecular formula is C12H16N2O. The molecule has 1 aromatic rings. The molecule has 3 heteroatoms. The monoisotopic (exact) mass is 204 g/mol. The topological polar surface area (TPSA) is 34.0 Å². The standard InChI is InChI=1S/C12H16N2O/c1-8-2-11-10-4-9(5-13-6-10)7-14(11)12(15)3-8/h2-3,9-10,13H,4-7H2,1H3/t9-,10+/m1/s1. The van der Waals surface area contributed by atoms with Crippen molar-refractivity contribution in [1.82, 2.24) is 9.88 Å². The highest BCUT2D eigenvalue weighted by Crippen LogP contribution is 2.31. The minimum Gasteiger partial charge on any atom is -0.316 e. The van der Waals surface area contributed by atoms with Crippen molar-refractivity contribution in [2.45, 2.75) is 25.8 Å². The Morgan fingerprint density at radius 1 is 1.40 bits per heavy atom. The first kappa shape index (κ1) is 9.16. The largest absolute Gasteiger partial charge is 0.316 e. The van der Waals surface area contributed by atoms with Crippen LogP contribution in [0.4, 0.5) is 0 Å². The lowest BCUT2D eigenvalue weighted by atomic mass is 9.84. The van der Waals surface area contributed by atoms with E-state index in [1.54, 1.807) is 6.07 Å². The second-order valence-corrected chi connectivity index (χ2v) is 4.86. The molecule has 0 aliphatic carbocycles. The molecule has 3 heterocycles. The van der Waals surface area contributed by atoms with E-state index in [9.17, 15) is 4.79 Å². The lowest BCUT2D eigenvalue weighted by Crippen LogP contribution is -2.44. The molecule has 0 spiro atoms. The number of piperidine rings is 1. The maximum Gasteiger partial charge on any atom is 0.250 e. The van der Waals surface area contributed by atoms with Gasteiger partial charge in [-0.05, 0) is 37.4 Å². The first-order valence-electron chi connectivity index (χ1n) is 5.66. The van der Waals surface area contributed by atoms with Crippen LogP contribution in [0.1, 0.15) is 23.6 Å². The first-order chi connectivity index (χ1) is 7.24. The SMILES string of the molecule is Cc1cc2n(c(=O)c1)C[C@H]1CNC[C@@H]2C1. The molecular weight excluding hydrogens is 188 g/mol. The summed E-state index contributed by atoms with van der Waals surface area (Å²) in [4.78, 5) is 11.9. The van der Waals surface area contributed by atoms with E-state index in [0.717, 1.165) is 25.2 Å². The van der Waals surface area contributed by atoms with Crippen molar-refractivity contribution >= 4 is 0 Å². The highest BCUT2D eigenvalue weighted by Gasteiger charge is 2.30. The van der Waals surface area contributed by atoms with Gasteiger partial charge in [0.2, 0.25) is 0 Å². The molecule has 0 saturated carbocycles. The Labute approximate surface area is 89.1 Å². The summed E-state index contributed by atoms with van der Waals surface area (Å²) in [5.74, 6) is 1.20. The van der Waals surface area contributed by atoms with Gasteiger partial charge in [-0.2, -0.15) is 0 Å². The lowest BCUT2D eigenvalue weighted by Gasteiger charge is -2.37. The summed E-state index contributed by atoms with van der Waals surface area (Å²) in [6.45, 7) is 5.00. The van der Waals surface area contributed by atoms with E-state index < -0.39 is 0 Å². The number of nitrogens with zero attached hydrogens (tertiary/aromatic N) is 1. The Morgan fingerprint density at radius 2 is 2.27 bits per heavy atom. The zero-order valence-corrected chi connectivity index (χ0v) is 8.99. The number of hydrogen-bond donors (Lipinski definition) is 1. The van der Waals surface area contributed by atoms with Gasteiger partial charge in [0, 0.05) is 30.8 Å². The number of fused-ring (bicyclic) bond motifs is 4. The summed E-state index contributed by atoms with van der Waals surface area (Å²) < 4.78 is 1.98. The average Bonchev–Trinajstić information content (AvgIpc) is 2.21. The number of aromatic nitrogens is 1. The summed E-state index contributed by atoms with van der Waals surface area (Å²) >= 11 is 0. The van der Waals surface area contributed by atoms with Gasteiger partial charge in [-0.15, -0.1) is 0 Å². The van der Waals surface area contributed by atoms with E-state index in [1.165, 1.54) is 12.1 Å². The zero-order valence-electron chi connectivity index (χ0n) is 8.99. The van der Waals surface area contributed by atoms with Crippen molar-refractivity contribution < 1.29 is 0 Å². The van der Waals surface area contributed by atoms with Crippen molar-refractivity contribution in [3.63, 3.8) is 0 Å². The van der Waals surface area contributed by atoms with Gasteiger partial charge < -0.3 is 9.88 Å². The Bertz CT molecular complexity index is 449. The molecule has 3 nitrogen and oxygen atoms in total. The first-order valence-corrected chi connectivity index (χ1v) is 5.66. The molecule has 0 unspecified atom stereocenters. The third-order valence-electron chi connectivity index (χ3n) is 3.61. The smallest absolute Gasteiger partial charge is 0.250 e. The fourth-order valence-corrected chi connectivity index (χ4v) is 2.94.